The van der Waals surface area contributed by atoms with Crippen LogP contribution in [0.4, 0.5) is 0 Å². The summed E-state index contributed by atoms with van der Waals surface area (Å²) >= 11 is 1.86. The minimum Gasteiger partial charge on any atom is -0.388 e. The smallest absolute Gasteiger partial charge is 0.0869 e. The maximum atomic E-state index is 10.2. The molecule has 94 valence electrons. The fraction of sp³-hybridized carbons (Fsp3) is 1.00. The molecule has 2 N–H and O–H groups in total. The number of aliphatic hydroxyl groups is 1. The molecular formula is C12H23NO2S. The van der Waals surface area contributed by atoms with E-state index in [4.69, 9.17) is 4.74 Å². The fourth-order valence-corrected chi connectivity index (χ4v) is 3.67. The molecule has 3 nitrogen and oxygen atoms in total. The highest BCUT2D eigenvalue weighted by molar-refractivity contribution is 7.99. The molecule has 2 fully saturated rings. The van der Waals surface area contributed by atoms with Crippen LogP contribution in [0.1, 0.15) is 26.2 Å². The second-order valence-electron chi connectivity index (χ2n) is 5.55. The van der Waals surface area contributed by atoms with Gasteiger partial charge in [-0.2, -0.15) is 11.8 Å². The maximum Gasteiger partial charge on any atom is 0.0869 e. The molecule has 0 amide bonds. The number of hydrogen-bond acceptors (Lipinski definition) is 4. The van der Waals surface area contributed by atoms with E-state index in [1.54, 1.807) is 0 Å². The third kappa shape index (κ3) is 3.36. The zero-order valence-corrected chi connectivity index (χ0v) is 10.9. The Morgan fingerprint density at radius 3 is 2.62 bits per heavy atom. The van der Waals surface area contributed by atoms with Gasteiger partial charge in [0, 0.05) is 32.1 Å². The number of rotatable bonds is 4. The van der Waals surface area contributed by atoms with Crippen molar-refractivity contribution in [2.75, 3.05) is 37.8 Å². The van der Waals surface area contributed by atoms with E-state index >= 15 is 0 Å². The van der Waals surface area contributed by atoms with Crippen molar-refractivity contribution in [3.8, 4) is 0 Å². The maximum absolute atomic E-state index is 10.2. The summed E-state index contributed by atoms with van der Waals surface area (Å²) in [5, 5.41) is 13.7. The standard InChI is InChI=1S/C12H23NO2S/c1-11(2-5-15-6-3-11)8-13-9-12(14)4-7-16-10-12/h13-14H,2-10H2,1H3. The average Bonchev–Trinajstić information content (AvgIpc) is 2.66. The van der Waals surface area contributed by atoms with E-state index in [0.717, 1.165) is 57.1 Å². The quantitative estimate of drug-likeness (QED) is 0.782. The van der Waals surface area contributed by atoms with Crippen LogP contribution in [0.5, 0.6) is 0 Å². The van der Waals surface area contributed by atoms with Crippen molar-refractivity contribution in [2.45, 2.75) is 31.8 Å². The van der Waals surface area contributed by atoms with Crippen LogP contribution in [-0.2, 0) is 4.74 Å². The highest BCUT2D eigenvalue weighted by Gasteiger charge is 2.33. The molecule has 0 saturated carbocycles. The van der Waals surface area contributed by atoms with E-state index < -0.39 is 5.60 Å². The van der Waals surface area contributed by atoms with Crippen molar-refractivity contribution < 1.29 is 9.84 Å². The molecule has 0 aromatic heterocycles. The minimum absolute atomic E-state index is 0.361. The Morgan fingerprint density at radius 2 is 2.00 bits per heavy atom. The van der Waals surface area contributed by atoms with Crippen LogP contribution in [0.3, 0.4) is 0 Å². The van der Waals surface area contributed by atoms with Crippen molar-refractivity contribution in [1.29, 1.82) is 0 Å². The van der Waals surface area contributed by atoms with Crippen molar-refractivity contribution >= 4 is 11.8 Å². The van der Waals surface area contributed by atoms with Gasteiger partial charge in [-0.25, -0.2) is 0 Å². The molecule has 1 atom stereocenters. The largest absolute Gasteiger partial charge is 0.388 e. The Hall–Kier alpha value is 0.230. The van der Waals surface area contributed by atoms with Gasteiger partial charge in [-0.3, -0.25) is 0 Å². The Kier molecular flexibility index (Phi) is 4.16. The van der Waals surface area contributed by atoms with E-state index in [9.17, 15) is 5.11 Å². The fourth-order valence-electron chi connectivity index (χ4n) is 2.37. The summed E-state index contributed by atoms with van der Waals surface area (Å²) < 4.78 is 5.38. The number of thioether (sulfide) groups is 1. The normalized spacial score (nSPS) is 34.1. The lowest BCUT2D eigenvalue weighted by atomic mass is 9.82. The zero-order valence-electron chi connectivity index (χ0n) is 10.1. The summed E-state index contributed by atoms with van der Waals surface area (Å²) in [5.74, 6) is 1.99. The lowest BCUT2D eigenvalue weighted by molar-refractivity contribution is 0.0180. The Bertz CT molecular complexity index is 223. The molecule has 0 radical (unpaired) electrons. The predicted molar refractivity (Wildman–Crippen MR) is 67.9 cm³/mol. The monoisotopic (exact) mass is 245 g/mol. The molecule has 2 saturated heterocycles. The van der Waals surface area contributed by atoms with Gasteiger partial charge < -0.3 is 15.2 Å². The number of nitrogens with one attached hydrogen (secondary N) is 1. The van der Waals surface area contributed by atoms with Gasteiger partial charge in [0.05, 0.1) is 5.60 Å². The first-order valence-corrected chi connectivity index (χ1v) is 7.36. The molecule has 0 aliphatic carbocycles. The molecule has 4 heteroatoms. The number of hydrogen-bond donors (Lipinski definition) is 2. The first-order chi connectivity index (χ1) is 7.62. The first-order valence-electron chi connectivity index (χ1n) is 6.21. The topological polar surface area (TPSA) is 41.5 Å². The molecule has 16 heavy (non-hydrogen) atoms. The minimum atomic E-state index is -0.452. The predicted octanol–water partition coefficient (Wildman–Crippen LogP) is 1.26. The van der Waals surface area contributed by atoms with E-state index in [0.29, 0.717) is 5.41 Å². The molecule has 0 spiro atoms. The summed E-state index contributed by atoms with van der Waals surface area (Å²) in [5.41, 5.74) is -0.0907. The summed E-state index contributed by atoms with van der Waals surface area (Å²) in [6, 6.07) is 0. The van der Waals surface area contributed by atoms with Gasteiger partial charge in [-0.05, 0) is 30.4 Å². The second-order valence-corrected chi connectivity index (χ2v) is 6.66. The zero-order chi connectivity index (χ0) is 11.5. The molecule has 0 aromatic rings. The number of ether oxygens (including phenoxy) is 1. The second kappa shape index (κ2) is 5.25. The van der Waals surface area contributed by atoms with Crippen molar-refractivity contribution in [2.24, 2.45) is 5.41 Å². The van der Waals surface area contributed by atoms with Crippen molar-refractivity contribution in [3.05, 3.63) is 0 Å². The lowest BCUT2D eigenvalue weighted by Gasteiger charge is -2.34. The van der Waals surface area contributed by atoms with Crippen LogP contribution in [0, 0.1) is 5.41 Å². The van der Waals surface area contributed by atoms with Crippen LogP contribution in [0.25, 0.3) is 0 Å². The highest BCUT2D eigenvalue weighted by atomic mass is 32.2. The van der Waals surface area contributed by atoms with Gasteiger partial charge in [0.15, 0.2) is 0 Å². The third-order valence-electron chi connectivity index (χ3n) is 3.79. The van der Waals surface area contributed by atoms with Crippen LogP contribution in [-0.4, -0.2) is 48.5 Å². The van der Waals surface area contributed by atoms with Gasteiger partial charge in [0.2, 0.25) is 0 Å². The average molecular weight is 245 g/mol. The van der Waals surface area contributed by atoms with Gasteiger partial charge in [0.1, 0.15) is 0 Å². The molecule has 2 rings (SSSR count). The van der Waals surface area contributed by atoms with Crippen molar-refractivity contribution in [3.63, 3.8) is 0 Å². The van der Waals surface area contributed by atoms with Gasteiger partial charge in [0.25, 0.3) is 0 Å². The van der Waals surface area contributed by atoms with Gasteiger partial charge in [-0.1, -0.05) is 6.92 Å². The Balaban J connectivity index is 1.70. The molecule has 2 aliphatic heterocycles. The summed E-state index contributed by atoms with van der Waals surface area (Å²) in [6.45, 7) is 5.84. The summed E-state index contributed by atoms with van der Waals surface area (Å²) in [6.07, 6.45) is 3.20. The van der Waals surface area contributed by atoms with Crippen LogP contribution >= 0.6 is 11.8 Å². The lowest BCUT2D eigenvalue weighted by Crippen LogP contribution is -2.45. The molecule has 0 bridgehead atoms. The van der Waals surface area contributed by atoms with Crippen LogP contribution in [0.2, 0.25) is 0 Å². The first kappa shape index (κ1) is 12.7. The van der Waals surface area contributed by atoms with Crippen molar-refractivity contribution in [1.82, 2.24) is 5.32 Å². The van der Waals surface area contributed by atoms with E-state index in [-0.39, 0.29) is 0 Å². The highest BCUT2D eigenvalue weighted by Crippen LogP contribution is 2.30. The van der Waals surface area contributed by atoms with Crippen LogP contribution < -0.4 is 5.32 Å². The molecular weight excluding hydrogens is 222 g/mol. The molecule has 2 aliphatic rings. The van der Waals surface area contributed by atoms with E-state index in [1.165, 1.54) is 0 Å². The molecule has 0 aromatic carbocycles. The SMILES string of the molecule is CC1(CNCC2(O)CCSC2)CCOCC1. The van der Waals surface area contributed by atoms with Gasteiger partial charge in [-0.15, -0.1) is 0 Å². The third-order valence-corrected chi connectivity index (χ3v) is 5.02. The van der Waals surface area contributed by atoms with E-state index in [2.05, 4.69) is 12.2 Å². The molecule has 2 heterocycles. The van der Waals surface area contributed by atoms with Gasteiger partial charge >= 0.3 is 0 Å². The Morgan fingerprint density at radius 1 is 1.25 bits per heavy atom. The van der Waals surface area contributed by atoms with E-state index in [1.807, 2.05) is 11.8 Å². The summed E-state index contributed by atoms with van der Waals surface area (Å²) in [7, 11) is 0. The molecule has 1 unspecified atom stereocenters. The summed E-state index contributed by atoms with van der Waals surface area (Å²) in [4.78, 5) is 0. The van der Waals surface area contributed by atoms with Crippen LogP contribution in [0.15, 0.2) is 0 Å². The Labute approximate surface area is 102 Å².